The molecule has 6 heteroatoms. The van der Waals surface area contributed by atoms with E-state index < -0.39 is 0 Å². The fourth-order valence-electron chi connectivity index (χ4n) is 4.71. The van der Waals surface area contributed by atoms with Gasteiger partial charge in [-0.15, -0.1) is 0 Å². The molecule has 158 valence electrons. The van der Waals surface area contributed by atoms with Crippen LogP contribution in [-0.2, 0) is 16.1 Å². The summed E-state index contributed by atoms with van der Waals surface area (Å²) in [6.07, 6.45) is 6.26. The van der Waals surface area contributed by atoms with Gasteiger partial charge in [-0.2, -0.15) is 0 Å². The fraction of sp³-hybridized carbons (Fsp3) is 0.652. The van der Waals surface area contributed by atoms with Gasteiger partial charge in [0.2, 0.25) is 11.8 Å². The van der Waals surface area contributed by atoms with E-state index in [1.807, 2.05) is 24.3 Å². The molecule has 2 saturated heterocycles. The van der Waals surface area contributed by atoms with Gasteiger partial charge in [0, 0.05) is 38.1 Å². The SMILES string of the molecule is COc1cccc(CNC(=O)[C@H]2CCCN(C3CCN(C(=O)C4CC4)CC3)C2)c1. The highest BCUT2D eigenvalue weighted by Crippen LogP contribution is 2.32. The van der Waals surface area contributed by atoms with Crippen LogP contribution in [-0.4, -0.2) is 60.9 Å². The van der Waals surface area contributed by atoms with Crippen molar-refractivity contribution in [3.05, 3.63) is 29.8 Å². The van der Waals surface area contributed by atoms with E-state index in [1.54, 1.807) is 7.11 Å². The Bertz CT molecular complexity index is 726. The topological polar surface area (TPSA) is 61.9 Å². The molecule has 2 aliphatic heterocycles. The number of benzene rings is 1. The zero-order chi connectivity index (χ0) is 20.2. The van der Waals surface area contributed by atoms with Crippen molar-refractivity contribution in [1.29, 1.82) is 0 Å². The van der Waals surface area contributed by atoms with Crippen molar-refractivity contribution in [1.82, 2.24) is 15.1 Å². The minimum Gasteiger partial charge on any atom is -0.497 e. The Morgan fingerprint density at radius 3 is 2.59 bits per heavy atom. The van der Waals surface area contributed by atoms with Crippen LogP contribution < -0.4 is 10.1 Å². The van der Waals surface area contributed by atoms with E-state index >= 15 is 0 Å². The molecular weight excluding hydrogens is 366 g/mol. The smallest absolute Gasteiger partial charge is 0.225 e. The number of nitrogens with zero attached hydrogens (tertiary/aromatic N) is 2. The predicted molar refractivity (Wildman–Crippen MR) is 111 cm³/mol. The molecule has 6 nitrogen and oxygen atoms in total. The summed E-state index contributed by atoms with van der Waals surface area (Å²) in [6.45, 7) is 4.20. The van der Waals surface area contributed by atoms with E-state index in [2.05, 4.69) is 15.1 Å². The van der Waals surface area contributed by atoms with Crippen molar-refractivity contribution in [2.45, 2.75) is 51.1 Å². The van der Waals surface area contributed by atoms with Gasteiger partial charge in [0.1, 0.15) is 5.75 Å². The normalized spacial score (nSPS) is 23.6. The number of nitrogens with one attached hydrogen (secondary N) is 1. The van der Waals surface area contributed by atoms with Crippen LogP contribution in [0.2, 0.25) is 0 Å². The van der Waals surface area contributed by atoms with Crippen molar-refractivity contribution in [3.8, 4) is 5.75 Å². The molecule has 2 amide bonds. The van der Waals surface area contributed by atoms with Crippen LogP contribution in [0, 0.1) is 11.8 Å². The van der Waals surface area contributed by atoms with Gasteiger partial charge in [0.15, 0.2) is 0 Å². The number of rotatable bonds is 6. The van der Waals surface area contributed by atoms with Crippen molar-refractivity contribution in [2.24, 2.45) is 11.8 Å². The molecule has 0 radical (unpaired) electrons. The Morgan fingerprint density at radius 1 is 1.07 bits per heavy atom. The zero-order valence-corrected chi connectivity index (χ0v) is 17.4. The van der Waals surface area contributed by atoms with E-state index in [0.29, 0.717) is 24.4 Å². The summed E-state index contributed by atoms with van der Waals surface area (Å²) in [5.41, 5.74) is 1.05. The summed E-state index contributed by atoms with van der Waals surface area (Å²) >= 11 is 0. The number of amides is 2. The average molecular weight is 400 g/mol. The predicted octanol–water partition coefficient (Wildman–Crippen LogP) is 2.42. The van der Waals surface area contributed by atoms with Crippen LogP contribution >= 0.6 is 0 Å². The fourth-order valence-corrected chi connectivity index (χ4v) is 4.71. The number of carbonyl (C=O) groups is 2. The summed E-state index contributed by atoms with van der Waals surface area (Å²) in [5, 5.41) is 3.11. The van der Waals surface area contributed by atoms with Crippen LogP contribution in [0.15, 0.2) is 24.3 Å². The van der Waals surface area contributed by atoms with Crippen LogP contribution in [0.3, 0.4) is 0 Å². The van der Waals surface area contributed by atoms with Crippen LogP contribution in [0.25, 0.3) is 0 Å². The van der Waals surface area contributed by atoms with E-state index in [4.69, 9.17) is 4.74 Å². The molecule has 3 fully saturated rings. The van der Waals surface area contributed by atoms with E-state index in [0.717, 1.165) is 76.0 Å². The van der Waals surface area contributed by atoms with Crippen LogP contribution in [0.5, 0.6) is 5.75 Å². The van der Waals surface area contributed by atoms with Crippen molar-refractivity contribution in [3.63, 3.8) is 0 Å². The third-order valence-electron chi connectivity index (χ3n) is 6.64. The number of piperidine rings is 2. The third-order valence-corrected chi connectivity index (χ3v) is 6.64. The Kier molecular flexibility index (Phi) is 6.38. The Morgan fingerprint density at radius 2 is 1.86 bits per heavy atom. The van der Waals surface area contributed by atoms with Crippen LogP contribution in [0.1, 0.15) is 44.1 Å². The molecule has 1 aromatic carbocycles. The standard InChI is InChI=1S/C23H33N3O3/c1-29-21-6-2-4-17(14-21)15-24-22(27)19-5-3-11-26(16-19)20-9-12-25(13-10-20)23(28)18-7-8-18/h2,4,6,14,18-20H,3,5,7-13,15-16H2,1H3,(H,24,27)/t19-/m0/s1. The first kappa shape index (κ1) is 20.2. The Balaban J connectivity index is 1.24. The summed E-state index contributed by atoms with van der Waals surface area (Å²) in [4.78, 5) is 29.6. The molecule has 0 bridgehead atoms. The second-order valence-electron chi connectivity index (χ2n) is 8.73. The Labute approximate surface area is 173 Å². The monoisotopic (exact) mass is 399 g/mol. The number of likely N-dealkylation sites (tertiary alicyclic amines) is 2. The van der Waals surface area contributed by atoms with E-state index in [9.17, 15) is 9.59 Å². The first-order valence-electron chi connectivity index (χ1n) is 11.1. The van der Waals surface area contributed by atoms with Gasteiger partial charge in [-0.25, -0.2) is 0 Å². The van der Waals surface area contributed by atoms with Crippen molar-refractivity contribution >= 4 is 11.8 Å². The molecule has 4 rings (SSSR count). The second kappa shape index (κ2) is 9.16. The molecule has 0 aromatic heterocycles. The highest BCUT2D eigenvalue weighted by molar-refractivity contribution is 5.81. The van der Waals surface area contributed by atoms with E-state index in [-0.39, 0.29) is 11.8 Å². The maximum absolute atomic E-state index is 12.8. The molecule has 1 aliphatic carbocycles. The summed E-state index contributed by atoms with van der Waals surface area (Å²) in [6, 6.07) is 8.33. The first-order chi connectivity index (χ1) is 14.1. The van der Waals surface area contributed by atoms with E-state index in [1.165, 1.54) is 0 Å². The van der Waals surface area contributed by atoms with Gasteiger partial charge in [0.05, 0.1) is 13.0 Å². The largest absolute Gasteiger partial charge is 0.497 e. The summed E-state index contributed by atoms with van der Waals surface area (Å²) in [7, 11) is 1.65. The zero-order valence-electron chi connectivity index (χ0n) is 17.4. The maximum Gasteiger partial charge on any atom is 0.225 e. The number of carbonyl (C=O) groups excluding carboxylic acids is 2. The minimum absolute atomic E-state index is 0.0560. The lowest BCUT2D eigenvalue weighted by Gasteiger charge is -2.42. The lowest BCUT2D eigenvalue weighted by molar-refractivity contribution is -0.134. The van der Waals surface area contributed by atoms with Gasteiger partial charge >= 0.3 is 0 Å². The molecule has 1 atom stereocenters. The molecule has 1 aromatic rings. The minimum atomic E-state index is 0.0560. The molecule has 1 saturated carbocycles. The quantitative estimate of drug-likeness (QED) is 0.798. The summed E-state index contributed by atoms with van der Waals surface area (Å²) < 4.78 is 5.25. The van der Waals surface area contributed by atoms with Gasteiger partial charge < -0.3 is 15.0 Å². The molecule has 0 unspecified atom stereocenters. The Hall–Kier alpha value is -2.08. The number of ether oxygens (including phenoxy) is 1. The van der Waals surface area contributed by atoms with Gasteiger partial charge in [0.25, 0.3) is 0 Å². The first-order valence-corrected chi connectivity index (χ1v) is 11.1. The second-order valence-corrected chi connectivity index (χ2v) is 8.73. The van der Waals surface area contributed by atoms with Crippen molar-refractivity contribution in [2.75, 3.05) is 33.3 Å². The summed E-state index contributed by atoms with van der Waals surface area (Å²) in [5.74, 6) is 1.71. The van der Waals surface area contributed by atoms with Gasteiger partial charge in [-0.3, -0.25) is 14.5 Å². The molecule has 0 spiro atoms. The molecule has 2 heterocycles. The highest BCUT2D eigenvalue weighted by Gasteiger charge is 2.37. The number of methoxy groups -OCH3 is 1. The molecule has 3 aliphatic rings. The maximum atomic E-state index is 12.8. The lowest BCUT2D eigenvalue weighted by Crippen LogP contribution is -2.51. The number of hydrogen-bond acceptors (Lipinski definition) is 4. The van der Waals surface area contributed by atoms with Gasteiger partial charge in [-0.1, -0.05) is 12.1 Å². The highest BCUT2D eigenvalue weighted by atomic mass is 16.5. The molecule has 29 heavy (non-hydrogen) atoms. The molecular formula is C23H33N3O3. The van der Waals surface area contributed by atoms with Gasteiger partial charge in [-0.05, 0) is 62.8 Å². The van der Waals surface area contributed by atoms with Crippen molar-refractivity contribution < 1.29 is 14.3 Å². The lowest BCUT2D eigenvalue weighted by atomic mass is 9.93. The average Bonchev–Trinajstić information content (AvgIpc) is 3.63. The molecule has 1 N–H and O–H groups in total. The number of hydrogen-bond donors (Lipinski definition) is 1. The third kappa shape index (κ3) is 5.10. The van der Waals surface area contributed by atoms with Crippen LogP contribution in [0.4, 0.5) is 0 Å².